The molecule has 1 amide bonds. The minimum atomic E-state index is -0.135. The van der Waals surface area contributed by atoms with Gasteiger partial charge in [0.2, 0.25) is 5.91 Å². The lowest BCUT2D eigenvalue weighted by atomic mass is 9.60. The fourth-order valence-electron chi connectivity index (χ4n) is 2.38. The molecule has 1 aliphatic heterocycles. The molecule has 2 aliphatic rings. The van der Waals surface area contributed by atoms with Crippen LogP contribution >= 0.6 is 0 Å². The summed E-state index contributed by atoms with van der Waals surface area (Å²) in [5.74, 6) is 0.0727. The zero-order valence-electron chi connectivity index (χ0n) is 7.79. The molecule has 1 N–H and O–H groups in total. The van der Waals surface area contributed by atoms with E-state index >= 15 is 0 Å². The highest BCUT2D eigenvalue weighted by molar-refractivity contribution is 5.80. The van der Waals surface area contributed by atoms with Crippen LogP contribution in [-0.2, 0) is 4.79 Å². The lowest BCUT2D eigenvalue weighted by Gasteiger charge is -2.47. The molecule has 1 fully saturated rings. The third-order valence-corrected chi connectivity index (χ3v) is 2.92. The third kappa shape index (κ3) is 1.06. The second-order valence-corrected chi connectivity index (χ2v) is 4.39. The number of fused-ring (bicyclic) bond motifs is 1. The molecule has 2 rings (SSSR count). The van der Waals surface area contributed by atoms with Crippen molar-refractivity contribution < 1.29 is 4.79 Å². The van der Waals surface area contributed by atoms with Crippen molar-refractivity contribution in [3.63, 3.8) is 0 Å². The highest BCUT2D eigenvalue weighted by Crippen LogP contribution is 2.49. The van der Waals surface area contributed by atoms with E-state index in [1.165, 1.54) is 0 Å². The topological polar surface area (TPSA) is 52.9 Å². The molecule has 0 spiro atoms. The van der Waals surface area contributed by atoms with Gasteiger partial charge in [0, 0.05) is 18.0 Å². The summed E-state index contributed by atoms with van der Waals surface area (Å²) < 4.78 is 0. The molecule has 1 aliphatic carbocycles. The molecule has 0 aromatic heterocycles. The molecule has 1 heterocycles. The molecule has 0 saturated carbocycles. The first-order valence-corrected chi connectivity index (χ1v) is 4.47. The van der Waals surface area contributed by atoms with Gasteiger partial charge in [0.05, 0.1) is 12.0 Å². The third-order valence-electron chi connectivity index (χ3n) is 2.92. The lowest BCUT2D eigenvalue weighted by molar-refractivity contribution is -0.123. The molecule has 1 saturated heterocycles. The van der Waals surface area contributed by atoms with Gasteiger partial charge in [-0.25, -0.2) is 0 Å². The van der Waals surface area contributed by atoms with E-state index in [0.717, 1.165) is 5.70 Å². The highest BCUT2D eigenvalue weighted by Gasteiger charge is 2.48. The van der Waals surface area contributed by atoms with Crippen molar-refractivity contribution in [1.82, 2.24) is 5.32 Å². The SMILES string of the molecule is CC1(C)C=C2NC(=O)C[C@@H](C#N)[C@H]21. The molecule has 0 unspecified atom stereocenters. The Morgan fingerprint density at radius 1 is 1.69 bits per heavy atom. The van der Waals surface area contributed by atoms with Gasteiger partial charge in [0.1, 0.15) is 0 Å². The average Bonchev–Trinajstić information content (AvgIpc) is 2.01. The van der Waals surface area contributed by atoms with Crippen molar-refractivity contribution in [2.75, 3.05) is 0 Å². The molecule has 68 valence electrons. The van der Waals surface area contributed by atoms with E-state index in [9.17, 15) is 4.79 Å². The van der Waals surface area contributed by atoms with Crippen LogP contribution in [0.25, 0.3) is 0 Å². The maximum atomic E-state index is 11.1. The van der Waals surface area contributed by atoms with E-state index in [1.807, 2.05) is 6.08 Å². The van der Waals surface area contributed by atoms with Crippen LogP contribution in [0.3, 0.4) is 0 Å². The minimum absolute atomic E-state index is 0.0236. The van der Waals surface area contributed by atoms with E-state index in [0.29, 0.717) is 6.42 Å². The van der Waals surface area contributed by atoms with Crippen LogP contribution < -0.4 is 5.32 Å². The van der Waals surface area contributed by atoms with Crippen molar-refractivity contribution in [1.29, 1.82) is 5.26 Å². The number of hydrogen-bond acceptors (Lipinski definition) is 2. The zero-order chi connectivity index (χ0) is 9.64. The first kappa shape index (κ1) is 8.31. The molecular weight excluding hydrogens is 164 g/mol. The van der Waals surface area contributed by atoms with Gasteiger partial charge in [-0.1, -0.05) is 19.9 Å². The molecule has 13 heavy (non-hydrogen) atoms. The van der Waals surface area contributed by atoms with Crippen LogP contribution in [0.5, 0.6) is 0 Å². The Bertz CT molecular complexity index is 335. The van der Waals surface area contributed by atoms with Crippen molar-refractivity contribution in [2.45, 2.75) is 20.3 Å². The maximum Gasteiger partial charge on any atom is 0.225 e. The van der Waals surface area contributed by atoms with Gasteiger partial charge >= 0.3 is 0 Å². The number of nitrogens with zero attached hydrogens (tertiary/aromatic N) is 1. The van der Waals surface area contributed by atoms with Gasteiger partial charge < -0.3 is 5.32 Å². The van der Waals surface area contributed by atoms with E-state index in [4.69, 9.17) is 5.26 Å². The Morgan fingerprint density at radius 2 is 2.38 bits per heavy atom. The van der Waals surface area contributed by atoms with Gasteiger partial charge in [-0.3, -0.25) is 4.79 Å². The van der Waals surface area contributed by atoms with Gasteiger partial charge in [-0.15, -0.1) is 0 Å². The van der Waals surface area contributed by atoms with Crippen LogP contribution in [-0.4, -0.2) is 5.91 Å². The summed E-state index contributed by atoms with van der Waals surface area (Å²) in [7, 11) is 0. The summed E-state index contributed by atoms with van der Waals surface area (Å²) in [5, 5.41) is 11.7. The van der Waals surface area contributed by atoms with Crippen molar-refractivity contribution in [2.24, 2.45) is 17.3 Å². The summed E-state index contributed by atoms with van der Waals surface area (Å²) >= 11 is 0. The van der Waals surface area contributed by atoms with Gasteiger partial charge in [-0.05, 0) is 5.41 Å². The normalized spacial score (nSPS) is 34.8. The standard InChI is InChI=1S/C10H12N2O/c1-10(2)4-7-9(10)6(5-11)3-8(13)12-7/h4,6,9H,3H2,1-2H3,(H,12,13)/t6-,9+/m0/s1. The van der Waals surface area contributed by atoms with Crippen molar-refractivity contribution in [3.8, 4) is 6.07 Å². The molecule has 3 nitrogen and oxygen atoms in total. The summed E-state index contributed by atoms with van der Waals surface area (Å²) in [6.07, 6.45) is 2.39. The van der Waals surface area contributed by atoms with Crippen LogP contribution in [0.15, 0.2) is 11.8 Å². The van der Waals surface area contributed by atoms with Crippen LogP contribution in [0, 0.1) is 28.6 Å². The molecule has 3 heteroatoms. The first-order chi connectivity index (χ1) is 6.04. The Hall–Kier alpha value is -1.30. The predicted molar refractivity (Wildman–Crippen MR) is 47.2 cm³/mol. The Morgan fingerprint density at radius 3 is 2.92 bits per heavy atom. The van der Waals surface area contributed by atoms with Crippen molar-refractivity contribution >= 4 is 5.91 Å². The summed E-state index contributed by atoms with van der Waals surface area (Å²) in [6, 6.07) is 2.22. The highest BCUT2D eigenvalue weighted by atomic mass is 16.1. The summed E-state index contributed by atoms with van der Waals surface area (Å²) in [4.78, 5) is 11.1. The summed E-state index contributed by atoms with van der Waals surface area (Å²) in [5.41, 5.74) is 1.02. The number of piperidine rings is 1. The van der Waals surface area contributed by atoms with Crippen LogP contribution in [0.2, 0.25) is 0 Å². The predicted octanol–water partition coefficient (Wildman–Crippen LogP) is 1.19. The average molecular weight is 176 g/mol. The number of carbonyl (C=O) groups is 1. The maximum absolute atomic E-state index is 11.1. The number of nitriles is 1. The van der Waals surface area contributed by atoms with Gasteiger partial charge in [-0.2, -0.15) is 5.26 Å². The number of nitrogens with one attached hydrogen (secondary N) is 1. The smallest absolute Gasteiger partial charge is 0.225 e. The fraction of sp³-hybridized carbons (Fsp3) is 0.600. The number of amides is 1. The van der Waals surface area contributed by atoms with Gasteiger partial charge in [0.25, 0.3) is 0 Å². The number of rotatable bonds is 0. The number of hydrogen-bond donors (Lipinski definition) is 1. The molecular formula is C10H12N2O. The van der Waals surface area contributed by atoms with E-state index in [-0.39, 0.29) is 23.2 Å². The lowest BCUT2D eigenvalue weighted by Crippen LogP contribution is -2.50. The first-order valence-electron chi connectivity index (χ1n) is 4.47. The quantitative estimate of drug-likeness (QED) is 0.602. The minimum Gasteiger partial charge on any atom is -0.330 e. The van der Waals surface area contributed by atoms with E-state index in [2.05, 4.69) is 25.2 Å². The second-order valence-electron chi connectivity index (χ2n) is 4.39. The largest absolute Gasteiger partial charge is 0.330 e. The number of allylic oxidation sites excluding steroid dienone is 2. The Balaban J connectivity index is 2.31. The monoisotopic (exact) mass is 176 g/mol. The van der Waals surface area contributed by atoms with Crippen LogP contribution in [0.4, 0.5) is 0 Å². The van der Waals surface area contributed by atoms with E-state index in [1.54, 1.807) is 0 Å². The Labute approximate surface area is 77.4 Å². The van der Waals surface area contributed by atoms with Crippen molar-refractivity contribution in [3.05, 3.63) is 11.8 Å². The molecule has 0 aromatic carbocycles. The fourth-order valence-corrected chi connectivity index (χ4v) is 2.38. The second kappa shape index (κ2) is 2.35. The van der Waals surface area contributed by atoms with E-state index < -0.39 is 0 Å². The molecule has 0 bridgehead atoms. The number of carbonyl (C=O) groups excluding carboxylic acids is 1. The molecule has 0 aromatic rings. The Kier molecular flexibility index (Phi) is 1.50. The van der Waals surface area contributed by atoms with Crippen LogP contribution in [0.1, 0.15) is 20.3 Å². The summed E-state index contributed by atoms with van der Waals surface area (Å²) in [6.45, 7) is 4.20. The molecule has 2 atom stereocenters. The molecule has 0 radical (unpaired) electrons. The van der Waals surface area contributed by atoms with Gasteiger partial charge in [0.15, 0.2) is 0 Å². The zero-order valence-corrected chi connectivity index (χ0v) is 7.79.